The van der Waals surface area contributed by atoms with E-state index in [0.29, 0.717) is 11.3 Å². The summed E-state index contributed by atoms with van der Waals surface area (Å²) in [4.78, 5) is 11.0. The summed E-state index contributed by atoms with van der Waals surface area (Å²) in [5.41, 5.74) is 4.16. The van der Waals surface area contributed by atoms with Gasteiger partial charge in [-0.05, 0) is 30.3 Å². The molecule has 0 aromatic heterocycles. The number of carboxylic acid groups (broad SMARTS) is 1. The molecule has 0 fully saturated rings. The van der Waals surface area contributed by atoms with E-state index in [-0.39, 0.29) is 11.3 Å². The van der Waals surface area contributed by atoms with Gasteiger partial charge in [0.15, 0.2) is 0 Å². The summed E-state index contributed by atoms with van der Waals surface area (Å²) in [6.45, 7) is 0. The minimum atomic E-state index is -0.994. The average Bonchev–Trinajstić information content (AvgIpc) is 2.41. The van der Waals surface area contributed by atoms with Crippen molar-refractivity contribution in [3.8, 4) is 5.75 Å². The Kier molecular flexibility index (Phi) is 3.78. The number of rotatable bonds is 4. The normalized spacial score (nSPS) is 10.5. The van der Waals surface area contributed by atoms with Gasteiger partial charge in [0.1, 0.15) is 5.75 Å². The van der Waals surface area contributed by atoms with Gasteiger partial charge in [-0.3, -0.25) is 5.43 Å². The van der Waals surface area contributed by atoms with Crippen molar-refractivity contribution in [1.82, 2.24) is 0 Å². The maximum atomic E-state index is 11.0. The standard InChI is InChI=1S/C14H12N2O3/c17-12-7-5-11(6-8-12)16-15-9-10-3-1-2-4-13(10)14(18)19/h1-9,16-17H,(H,18,19)/b15-9+. The van der Waals surface area contributed by atoms with Crippen LogP contribution >= 0.6 is 0 Å². The summed E-state index contributed by atoms with van der Waals surface area (Å²) >= 11 is 0. The number of anilines is 1. The van der Waals surface area contributed by atoms with Crippen LogP contribution in [0.1, 0.15) is 15.9 Å². The summed E-state index contributed by atoms with van der Waals surface area (Å²) in [5, 5.41) is 22.1. The van der Waals surface area contributed by atoms with Gasteiger partial charge in [-0.15, -0.1) is 0 Å². The molecule has 0 aliphatic carbocycles. The van der Waals surface area contributed by atoms with Crippen molar-refractivity contribution in [2.45, 2.75) is 0 Å². The number of carbonyl (C=O) groups is 1. The molecular weight excluding hydrogens is 244 g/mol. The van der Waals surface area contributed by atoms with E-state index < -0.39 is 5.97 Å². The van der Waals surface area contributed by atoms with Crippen LogP contribution in [0, 0.1) is 0 Å². The molecule has 0 aliphatic rings. The highest BCUT2D eigenvalue weighted by Gasteiger charge is 2.06. The van der Waals surface area contributed by atoms with Crippen LogP contribution in [0.4, 0.5) is 5.69 Å². The lowest BCUT2D eigenvalue weighted by atomic mass is 10.1. The molecule has 19 heavy (non-hydrogen) atoms. The van der Waals surface area contributed by atoms with Gasteiger partial charge in [-0.2, -0.15) is 5.10 Å². The molecule has 2 rings (SSSR count). The van der Waals surface area contributed by atoms with Crippen molar-refractivity contribution in [2.24, 2.45) is 5.10 Å². The number of hydrogen-bond acceptors (Lipinski definition) is 4. The lowest BCUT2D eigenvalue weighted by molar-refractivity contribution is 0.0697. The van der Waals surface area contributed by atoms with Crippen LogP contribution in [0.25, 0.3) is 0 Å². The van der Waals surface area contributed by atoms with Crippen LogP contribution in [0.2, 0.25) is 0 Å². The summed E-state index contributed by atoms with van der Waals surface area (Å²) in [6, 6.07) is 13.0. The molecular formula is C14H12N2O3. The van der Waals surface area contributed by atoms with Crippen LogP contribution in [-0.4, -0.2) is 22.4 Å². The number of hydrogen-bond donors (Lipinski definition) is 3. The second-order valence-corrected chi connectivity index (χ2v) is 3.81. The Morgan fingerprint density at radius 2 is 1.79 bits per heavy atom. The summed E-state index contributed by atoms with van der Waals surface area (Å²) in [6.07, 6.45) is 1.44. The SMILES string of the molecule is O=C(O)c1ccccc1/C=N/Nc1ccc(O)cc1. The summed E-state index contributed by atoms with van der Waals surface area (Å²) in [5.74, 6) is -0.822. The Bertz CT molecular complexity index is 606. The minimum Gasteiger partial charge on any atom is -0.508 e. The molecule has 5 nitrogen and oxygen atoms in total. The molecule has 0 spiro atoms. The fraction of sp³-hybridized carbons (Fsp3) is 0. The van der Waals surface area contributed by atoms with Crippen LogP contribution < -0.4 is 5.43 Å². The van der Waals surface area contributed by atoms with E-state index >= 15 is 0 Å². The van der Waals surface area contributed by atoms with Gasteiger partial charge in [0.25, 0.3) is 0 Å². The fourth-order valence-electron chi connectivity index (χ4n) is 1.52. The molecule has 0 radical (unpaired) electrons. The number of nitrogens with zero attached hydrogens (tertiary/aromatic N) is 1. The van der Waals surface area contributed by atoms with E-state index in [9.17, 15) is 4.79 Å². The monoisotopic (exact) mass is 256 g/mol. The smallest absolute Gasteiger partial charge is 0.336 e. The second-order valence-electron chi connectivity index (χ2n) is 3.81. The number of aromatic hydroxyl groups is 1. The first-order chi connectivity index (χ1) is 9.16. The van der Waals surface area contributed by atoms with Crippen LogP contribution in [0.3, 0.4) is 0 Å². The topological polar surface area (TPSA) is 81.9 Å². The number of carboxylic acids is 1. The van der Waals surface area contributed by atoms with Crippen molar-refractivity contribution in [3.05, 3.63) is 59.7 Å². The minimum absolute atomic E-state index is 0.172. The van der Waals surface area contributed by atoms with E-state index in [1.54, 1.807) is 30.3 Å². The Hall–Kier alpha value is -2.82. The number of phenolic OH excluding ortho intramolecular Hbond substituents is 1. The number of hydrazone groups is 1. The zero-order chi connectivity index (χ0) is 13.7. The quantitative estimate of drug-likeness (QED) is 0.446. The highest BCUT2D eigenvalue weighted by molar-refractivity contribution is 5.98. The molecule has 0 amide bonds. The predicted octanol–water partition coefficient (Wildman–Crippen LogP) is 2.54. The molecule has 2 aromatic rings. The van der Waals surface area contributed by atoms with Gasteiger partial charge >= 0.3 is 5.97 Å². The second kappa shape index (κ2) is 5.68. The average molecular weight is 256 g/mol. The first-order valence-corrected chi connectivity index (χ1v) is 5.57. The number of phenols is 1. The van der Waals surface area contributed by atoms with Crippen LogP contribution in [0.5, 0.6) is 5.75 Å². The molecule has 0 aliphatic heterocycles. The Labute approximate surface area is 109 Å². The van der Waals surface area contributed by atoms with Crippen molar-refractivity contribution in [2.75, 3.05) is 5.43 Å². The number of nitrogens with one attached hydrogen (secondary N) is 1. The number of aromatic carboxylic acids is 1. The van der Waals surface area contributed by atoms with E-state index in [1.165, 1.54) is 24.4 Å². The predicted molar refractivity (Wildman–Crippen MR) is 72.7 cm³/mol. The molecule has 96 valence electrons. The summed E-state index contributed by atoms with van der Waals surface area (Å²) < 4.78 is 0. The van der Waals surface area contributed by atoms with Gasteiger partial charge in [-0.25, -0.2) is 4.79 Å². The first-order valence-electron chi connectivity index (χ1n) is 5.57. The zero-order valence-electron chi connectivity index (χ0n) is 9.95. The van der Waals surface area contributed by atoms with Gasteiger partial charge in [0.05, 0.1) is 17.5 Å². The maximum Gasteiger partial charge on any atom is 0.336 e. The Balaban J connectivity index is 2.11. The molecule has 0 saturated carbocycles. The van der Waals surface area contributed by atoms with E-state index in [1.807, 2.05) is 0 Å². The number of benzene rings is 2. The molecule has 0 saturated heterocycles. The molecule has 0 unspecified atom stereocenters. The van der Waals surface area contributed by atoms with Gasteiger partial charge in [0.2, 0.25) is 0 Å². The fourth-order valence-corrected chi connectivity index (χ4v) is 1.52. The highest BCUT2D eigenvalue weighted by Crippen LogP contribution is 2.13. The van der Waals surface area contributed by atoms with E-state index in [2.05, 4.69) is 10.5 Å². The molecule has 0 heterocycles. The third-order valence-electron chi connectivity index (χ3n) is 2.46. The van der Waals surface area contributed by atoms with Crippen molar-refractivity contribution >= 4 is 17.9 Å². The molecule has 5 heteroatoms. The lowest BCUT2D eigenvalue weighted by Gasteiger charge is -2.01. The van der Waals surface area contributed by atoms with Crippen LogP contribution in [-0.2, 0) is 0 Å². The molecule has 0 bridgehead atoms. The molecule has 3 N–H and O–H groups in total. The molecule has 2 aromatic carbocycles. The Morgan fingerprint density at radius 1 is 1.11 bits per heavy atom. The summed E-state index contributed by atoms with van der Waals surface area (Å²) in [7, 11) is 0. The van der Waals surface area contributed by atoms with E-state index in [0.717, 1.165) is 0 Å². The van der Waals surface area contributed by atoms with E-state index in [4.69, 9.17) is 10.2 Å². The van der Waals surface area contributed by atoms with Gasteiger partial charge < -0.3 is 10.2 Å². The Morgan fingerprint density at radius 3 is 2.47 bits per heavy atom. The zero-order valence-corrected chi connectivity index (χ0v) is 9.95. The van der Waals surface area contributed by atoms with Gasteiger partial charge in [0, 0.05) is 5.56 Å². The lowest BCUT2D eigenvalue weighted by Crippen LogP contribution is -2.02. The maximum absolute atomic E-state index is 11.0. The van der Waals surface area contributed by atoms with Gasteiger partial charge in [-0.1, -0.05) is 18.2 Å². The van der Waals surface area contributed by atoms with Crippen molar-refractivity contribution in [3.63, 3.8) is 0 Å². The van der Waals surface area contributed by atoms with Crippen molar-refractivity contribution in [1.29, 1.82) is 0 Å². The van der Waals surface area contributed by atoms with Crippen LogP contribution in [0.15, 0.2) is 53.6 Å². The van der Waals surface area contributed by atoms with Crippen molar-refractivity contribution < 1.29 is 15.0 Å². The third-order valence-corrected chi connectivity index (χ3v) is 2.46. The largest absolute Gasteiger partial charge is 0.508 e. The third kappa shape index (κ3) is 3.32. The first kappa shape index (κ1) is 12.6. The highest BCUT2D eigenvalue weighted by atomic mass is 16.4. The molecule has 0 atom stereocenters.